The number of hydrogen-bond donors (Lipinski definition) is 3. The summed E-state index contributed by atoms with van der Waals surface area (Å²) in [4.78, 5) is 13.2. The van der Waals surface area contributed by atoms with Crippen molar-refractivity contribution in [3.63, 3.8) is 0 Å². The van der Waals surface area contributed by atoms with E-state index >= 15 is 0 Å². The van der Waals surface area contributed by atoms with Crippen LogP contribution in [0, 0.1) is 11.3 Å². The van der Waals surface area contributed by atoms with Crippen molar-refractivity contribution in [1.29, 1.82) is 5.41 Å². The van der Waals surface area contributed by atoms with Crippen LogP contribution in [0.5, 0.6) is 0 Å². The number of carboxylic acid groups (broad SMARTS) is 1. The van der Waals surface area contributed by atoms with Gasteiger partial charge in [0.2, 0.25) is 0 Å². The molecule has 4 N–H and O–H groups in total. The first-order valence-corrected chi connectivity index (χ1v) is 8.99. The minimum Gasteiger partial charge on any atom is -0.481 e. The molecule has 1 unspecified atom stereocenters. The number of benzene rings is 2. The first-order chi connectivity index (χ1) is 12.5. The lowest BCUT2D eigenvalue weighted by atomic mass is 10.0. The van der Waals surface area contributed by atoms with Gasteiger partial charge in [0.25, 0.3) is 0 Å². The van der Waals surface area contributed by atoms with Crippen LogP contribution in [-0.4, -0.2) is 41.4 Å². The monoisotopic (exact) mass is 351 g/mol. The quantitative estimate of drug-likeness (QED) is 0.528. The minimum absolute atomic E-state index is 0.0828. The molecule has 2 aromatic rings. The summed E-state index contributed by atoms with van der Waals surface area (Å²) in [6.07, 6.45) is 2.25. The molecule has 0 radical (unpaired) electrons. The van der Waals surface area contributed by atoms with E-state index in [2.05, 4.69) is 29.2 Å². The fourth-order valence-corrected chi connectivity index (χ4v) is 3.52. The summed E-state index contributed by atoms with van der Waals surface area (Å²) in [6.45, 7) is 2.87. The smallest absolute Gasteiger partial charge is 0.303 e. The van der Waals surface area contributed by atoms with Crippen LogP contribution in [0.15, 0.2) is 48.5 Å². The van der Waals surface area contributed by atoms with Gasteiger partial charge in [-0.25, -0.2) is 0 Å². The molecule has 0 aromatic heterocycles. The third-order valence-corrected chi connectivity index (χ3v) is 5.03. The van der Waals surface area contributed by atoms with Crippen LogP contribution in [0.3, 0.4) is 0 Å². The van der Waals surface area contributed by atoms with E-state index in [-0.39, 0.29) is 12.3 Å². The molecule has 0 spiro atoms. The molecule has 1 atom stereocenters. The van der Waals surface area contributed by atoms with Crippen LogP contribution in [0.2, 0.25) is 0 Å². The molecule has 136 valence electrons. The third-order valence-electron chi connectivity index (χ3n) is 5.03. The predicted octanol–water partition coefficient (Wildman–Crippen LogP) is 2.98. The summed E-state index contributed by atoms with van der Waals surface area (Å²) >= 11 is 0. The summed E-state index contributed by atoms with van der Waals surface area (Å²) in [5.74, 6) is -0.309. The van der Waals surface area contributed by atoms with Gasteiger partial charge in [-0.1, -0.05) is 48.5 Å². The van der Waals surface area contributed by atoms with E-state index in [4.69, 9.17) is 16.2 Å². The Morgan fingerprint density at radius 1 is 1.12 bits per heavy atom. The van der Waals surface area contributed by atoms with E-state index in [1.54, 1.807) is 0 Å². The lowest BCUT2D eigenvalue weighted by molar-refractivity contribution is -0.138. The number of carbonyl (C=O) groups is 1. The van der Waals surface area contributed by atoms with E-state index in [0.29, 0.717) is 5.92 Å². The molecular weight excluding hydrogens is 326 g/mol. The maximum atomic E-state index is 10.8. The van der Waals surface area contributed by atoms with Gasteiger partial charge >= 0.3 is 5.97 Å². The van der Waals surface area contributed by atoms with Gasteiger partial charge in [-0.2, -0.15) is 0 Å². The molecule has 26 heavy (non-hydrogen) atoms. The molecule has 0 amide bonds. The number of nitrogens with zero attached hydrogens (tertiary/aromatic N) is 1. The molecule has 1 saturated heterocycles. The molecule has 0 aliphatic carbocycles. The fourth-order valence-electron chi connectivity index (χ4n) is 3.52. The van der Waals surface area contributed by atoms with Crippen molar-refractivity contribution in [2.75, 3.05) is 19.6 Å². The summed E-state index contributed by atoms with van der Waals surface area (Å²) in [5, 5.41) is 16.3. The minimum atomic E-state index is -0.691. The van der Waals surface area contributed by atoms with Crippen molar-refractivity contribution in [2.45, 2.75) is 19.3 Å². The number of aliphatic carboxylic acids is 1. The number of rotatable bonds is 7. The lowest BCUT2D eigenvalue weighted by Crippen LogP contribution is -2.23. The largest absolute Gasteiger partial charge is 0.481 e. The second-order valence-corrected chi connectivity index (χ2v) is 6.99. The number of carboxylic acids is 1. The van der Waals surface area contributed by atoms with Crippen LogP contribution < -0.4 is 5.73 Å². The Balaban J connectivity index is 1.53. The summed E-state index contributed by atoms with van der Waals surface area (Å²) in [5.41, 5.74) is 9.76. The second kappa shape index (κ2) is 8.15. The molecule has 0 bridgehead atoms. The number of nitrogen functional groups attached to an aromatic ring is 1. The Bertz CT molecular complexity index is 769. The lowest BCUT2D eigenvalue weighted by Gasteiger charge is -2.15. The number of nitrogens with one attached hydrogen (secondary N) is 1. The van der Waals surface area contributed by atoms with Gasteiger partial charge in [0.1, 0.15) is 5.84 Å². The van der Waals surface area contributed by atoms with E-state index in [9.17, 15) is 4.79 Å². The average Bonchev–Trinajstić information content (AvgIpc) is 3.07. The van der Waals surface area contributed by atoms with Crippen LogP contribution >= 0.6 is 0 Å². The molecule has 1 fully saturated rings. The van der Waals surface area contributed by atoms with Gasteiger partial charge in [0.15, 0.2) is 0 Å². The number of amidine groups is 1. The maximum Gasteiger partial charge on any atom is 0.303 e. The molecular formula is C21H25N3O2. The van der Waals surface area contributed by atoms with Gasteiger partial charge in [0, 0.05) is 25.1 Å². The number of likely N-dealkylation sites (tertiary alicyclic amines) is 1. The van der Waals surface area contributed by atoms with Crippen molar-refractivity contribution in [1.82, 2.24) is 4.90 Å². The standard InChI is InChI=1S/C21H25N3O2/c22-21(23)19-7-5-18(6-8-19)17-3-1-15(2-4-17)9-11-24-12-10-16(14-24)13-20(25)26/h1-8,16H,9-14H2,(H3,22,23)(H,25,26). The van der Waals surface area contributed by atoms with Crippen LogP contribution in [0.4, 0.5) is 0 Å². The summed E-state index contributed by atoms with van der Waals surface area (Å²) in [6, 6.07) is 16.2. The third kappa shape index (κ3) is 4.70. The molecule has 1 aliphatic rings. The topological polar surface area (TPSA) is 90.4 Å². The van der Waals surface area contributed by atoms with Crippen molar-refractivity contribution in [3.05, 3.63) is 59.7 Å². The van der Waals surface area contributed by atoms with Crippen molar-refractivity contribution < 1.29 is 9.90 Å². The summed E-state index contributed by atoms with van der Waals surface area (Å²) < 4.78 is 0. The zero-order chi connectivity index (χ0) is 18.5. The predicted molar refractivity (Wildman–Crippen MR) is 103 cm³/mol. The Hall–Kier alpha value is -2.66. The first-order valence-electron chi connectivity index (χ1n) is 8.99. The highest BCUT2D eigenvalue weighted by molar-refractivity contribution is 5.95. The van der Waals surface area contributed by atoms with Gasteiger partial charge in [-0.05, 0) is 42.0 Å². The normalized spacial score (nSPS) is 17.3. The Labute approximate surface area is 154 Å². The zero-order valence-corrected chi connectivity index (χ0v) is 14.8. The summed E-state index contributed by atoms with van der Waals surface area (Å²) in [7, 11) is 0. The van der Waals surface area contributed by atoms with Gasteiger partial charge in [-0.15, -0.1) is 0 Å². The van der Waals surface area contributed by atoms with Gasteiger partial charge < -0.3 is 15.7 Å². The van der Waals surface area contributed by atoms with Gasteiger partial charge in [0.05, 0.1) is 0 Å². The number of hydrogen-bond acceptors (Lipinski definition) is 3. The van der Waals surface area contributed by atoms with E-state index in [1.807, 2.05) is 24.3 Å². The molecule has 0 saturated carbocycles. The van der Waals surface area contributed by atoms with E-state index < -0.39 is 5.97 Å². The first kappa shape index (κ1) is 18.1. The van der Waals surface area contributed by atoms with Crippen molar-refractivity contribution in [2.24, 2.45) is 11.7 Å². The Kier molecular flexibility index (Phi) is 5.68. The highest BCUT2D eigenvalue weighted by Gasteiger charge is 2.23. The molecule has 1 aliphatic heterocycles. The van der Waals surface area contributed by atoms with Crippen LogP contribution in [-0.2, 0) is 11.2 Å². The highest BCUT2D eigenvalue weighted by atomic mass is 16.4. The van der Waals surface area contributed by atoms with Crippen molar-refractivity contribution >= 4 is 11.8 Å². The van der Waals surface area contributed by atoms with Crippen molar-refractivity contribution in [3.8, 4) is 11.1 Å². The maximum absolute atomic E-state index is 10.8. The highest BCUT2D eigenvalue weighted by Crippen LogP contribution is 2.22. The zero-order valence-electron chi connectivity index (χ0n) is 14.8. The Morgan fingerprint density at radius 3 is 2.31 bits per heavy atom. The number of nitrogens with two attached hydrogens (primary N) is 1. The van der Waals surface area contributed by atoms with Crippen LogP contribution in [0.25, 0.3) is 11.1 Å². The average molecular weight is 351 g/mol. The second-order valence-electron chi connectivity index (χ2n) is 6.99. The molecule has 3 rings (SSSR count). The van der Waals surface area contributed by atoms with E-state index in [0.717, 1.165) is 49.2 Å². The molecule has 2 aromatic carbocycles. The molecule has 5 nitrogen and oxygen atoms in total. The van der Waals surface area contributed by atoms with Gasteiger partial charge in [-0.3, -0.25) is 10.2 Å². The SMILES string of the molecule is N=C(N)c1ccc(-c2ccc(CCN3CCC(CC(=O)O)C3)cc2)cc1. The molecule has 5 heteroatoms. The molecule has 1 heterocycles. The fraction of sp³-hybridized carbons (Fsp3) is 0.333. The Morgan fingerprint density at radius 2 is 1.73 bits per heavy atom. The van der Waals surface area contributed by atoms with E-state index in [1.165, 1.54) is 5.56 Å². The van der Waals surface area contributed by atoms with Crippen LogP contribution in [0.1, 0.15) is 24.0 Å².